The van der Waals surface area contributed by atoms with Crippen molar-refractivity contribution < 1.29 is 19.1 Å². The van der Waals surface area contributed by atoms with Gasteiger partial charge in [-0.3, -0.25) is 0 Å². The van der Waals surface area contributed by atoms with Crippen molar-refractivity contribution in [2.45, 2.75) is 12.3 Å². The molecule has 1 heterocycles. The fraction of sp³-hybridized carbons (Fsp3) is 0.200. The predicted molar refractivity (Wildman–Crippen MR) is 70.7 cm³/mol. The topological polar surface area (TPSA) is 83.5 Å². The Balaban J connectivity index is 2.15. The molecule has 1 unspecified atom stereocenters. The van der Waals surface area contributed by atoms with Crippen molar-refractivity contribution in [2.75, 3.05) is 7.11 Å². The molecule has 5 nitrogen and oxygen atoms in total. The monoisotopic (exact) mass is 271 g/mol. The van der Waals surface area contributed by atoms with E-state index in [1.165, 1.54) is 6.07 Å². The number of hydrogen-bond acceptors (Lipinski definition) is 4. The van der Waals surface area contributed by atoms with Crippen LogP contribution in [0.15, 0.2) is 40.8 Å². The molecule has 0 aliphatic heterocycles. The van der Waals surface area contributed by atoms with Crippen LogP contribution >= 0.6 is 0 Å². The molecule has 0 saturated carbocycles. The first-order valence-electron chi connectivity index (χ1n) is 5.99. The molecule has 0 spiro atoms. The summed E-state index contributed by atoms with van der Waals surface area (Å²) in [4.78, 5) is 10.7. The van der Waals surface area contributed by atoms with E-state index in [9.17, 15) is 10.1 Å². The standard InChI is InChI=1S/C15H13NO4/c1-19-12-4-2-10(3-5-12)11(9-16)8-13-6-7-14(20-13)15(17)18/h2-7,11H,8H2,1H3,(H,17,18). The van der Waals surface area contributed by atoms with E-state index in [0.29, 0.717) is 12.2 Å². The molecule has 2 aromatic rings. The van der Waals surface area contributed by atoms with Crippen molar-refractivity contribution in [3.8, 4) is 11.8 Å². The normalized spacial score (nSPS) is 11.6. The van der Waals surface area contributed by atoms with Gasteiger partial charge in [-0.2, -0.15) is 5.26 Å². The summed E-state index contributed by atoms with van der Waals surface area (Å²) in [5.41, 5.74) is 0.835. The van der Waals surface area contributed by atoms with Crippen molar-refractivity contribution in [1.29, 1.82) is 5.26 Å². The van der Waals surface area contributed by atoms with Crippen LogP contribution in [-0.4, -0.2) is 18.2 Å². The lowest BCUT2D eigenvalue weighted by atomic mass is 9.96. The third-order valence-electron chi connectivity index (χ3n) is 2.95. The number of nitrogens with zero attached hydrogens (tertiary/aromatic N) is 1. The molecule has 0 aliphatic carbocycles. The minimum absolute atomic E-state index is 0.119. The van der Waals surface area contributed by atoms with Crippen molar-refractivity contribution in [3.05, 3.63) is 53.5 Å². The molecular formula is C15H13NO4. The average Bonchev–Trinajstić information content (AvgIpc) is 2.94. The van der Waals surface area contributed by atoms with Crippen LogP contribution in [0, 0.1) is 11.3 Å². The molecule has 20 heavy (non-hydrogen) atoms. The third-order valence-corrected chi connectivity index (χ3v) is 2.95. The predicted octanol–water partition coefficient (Wildman–Crippen LogP) is 2.84. The van der Waals surface area contributed by atoms with Gasteiger partial charge in [-0.05, 0) is 29.8 Å². The van der Waals surface area contributed by atoms with Crippen LogP contribution in [-0.2, 0) is 6.42 Å². The lowest BCUT2D eigenvalue weighted by Crippen LogP contribution is -2.00. The summed E-state index contributed by atoms with van der Waals surface area (Å²) in [5, 5.41) is 18.0. The Kier molecular flexibility index (Phi) is 4.06. The van der Waals surface area contributed by atoms with Crippen molar-refractivity contribution in [3.63, 3.8) is 0 Å². The van der Waals surface area contributed by atoms with Crippen molar-refractivity contribution in [1.82, 2.24) is 0 Å². The van der Waals surface area contributed by atoms with Gasteiger partial charge in [0.05, 0.1) is 19.1 Å². The number of aromatic carboxylic acids is 1. The molecule has 0 amide bonds. The van der Waals surface area contributed by atoms with E-state index >= 15 is 0 Å². The summed E-state index contributed by atoms with van der Waals surface area (Å²) in [5.74, 6) is -0.435. The summed E-state index contributed by atoms with van der Waals surface area (Å²) in [6, 6.07) is 12.4. The summed E-state index contributed by atoms with van der Waals surface area (Å²) in [6.45, 7) is 0. The number of rotatable bonds is 5. The fourth-order valence-electron chi connectivity index (χ4n) is 1.88. The Morgan fingerprint density at radius 1 is 1.35 bits per heavy atom. The van der Waals surface area contributed by atoms with Crippen LogP contribution in [0.1, 0.15) is 27.8 Å². The summed E-state index contributed by atoms with van der Waals surface area (Å²) >= 11 is 0. The zero-order valence-electron chi connectivity index (χ0n) is 10.9. The molecule has 0 saturated heterocycles. The maximum absolute atomic E-state index is 10.7. The maximum Gasteiger partial charge on any atom is 0.371 e. The summed E-state index contributed by atoms with van der Waals surface area (Å²) < 4.78 is 10.2. The lowest BCUT2D eigenvalue weighted by Gasteiger charge is -2.08. The second-order valence-corrected chi connectivity index (χ2v) is 4.23. The van der Waals surface area contributed by atoms with Crippen LogP contribution in [0.25, 0.3) is 0 Å². The Morgan fingerprint density at radius 3 is 2.55 bits per heavy atom. The lowest BCUT2D eigenvalue weighted by molar-refractivity contribution is 0.0660. The molecule has 1 N–H and O–H groups in total. The minimum atomic E-state index is -1.12. The second-order valence-electron chi connectivity index (χ2n) is 4.23. The molecule has 5 heteroatoms. The van der Waals surface area contributed by atoms with E-state index in [2.05, 4.69) is 6.07 Å². The Hall–Kier alpha value is -2.74. The molecule has 0 aliphatic rings. The fourth-order valence-corrected chi connectivity index (χ4v) is 1.88. The minimum Gasteiger partial charge on any atom is -0.497 e. The number of hydrogen-bond donors (Lipinski definition) is 1. The number of carboxylic acid groups (broad SMARTS) is 1. The summed E-state index contributed by atoms with van der Waals surface area (Å²) in [7, 11) is 1.58. The van der Waals surface area contributed by atoms with E-state index in [0.717, 1.165) is 11.3 Å². The third kappa shape index (κ3) is 2.98. The molecule has 2 rings (SSSR count). The van der Waals surface area contributed by atoms with Crippen LogP contribution in [0.3, 0.4) is 0 Å². The van der Waals surface area contributed by atoms with Crippen LogP contribution in [0.2, 0.25) is 0 Å². The number of methoxy groups -OCH3 is 1. The highest BCUT2D eigenvalue weighted by Gasteiger charge is 2.16. The van der Waals surface area contributed by atoms with E-state index in [1.54, 1.807) is 25.3 Å². The van der Waals surface area contributed by atoms with Gasteiger partial charge in [0.25, 0.3) is 0 Å². The number of ether oxygens (including phenoxy) is 1. The molecule has 1 aromatic carbocycles. The molecule has 1 aromatic heterocycles. The number of furan rings is 1. The van der Waals surface area contributed by atoms with Gasteiger partial charge in [0, 0.05) is 6.42 Å². The molecule has 0 bridgehead atoms. The van der Waals surface area contributed by atoms with Gasteiger partial charge in [-0.25, -0.2) is 4.79 Å². The highest BCUT2D eigenvalue weighted by atomic mass is 16.5. The first kappa shape index (κ1) is 13.7. The highest BCUT2D eigenvalue weighted by Crippen LogP contribution is 2.23. The van der Waals surface area contributed by atoms with Gasteiger partial charge in [0.1, 0.15) is 11.5 Å². The zero-order chi connectivity index (χ0) is 14.5. The summed E-state index contributed by atoms with van der Waals surface area (Å²) in [6.07, 6.45) is 0.329. The van der Waals surface area contributed by atoms with Gasteiger partial charge in [-0.15, -0.1) is 0 Å². The Bertz CT molecular complexity index is 637. The highest BCUT2D eigenvalue weighted by molar-refractivity contribution is 5.84. The molecule has 0 radical (unpaired) electrons. The maximum atomic E-state index is 10.7. The second kappa shape index (κ2) is 5.93. The smallest absolute Gasteiger partial charge is 0.371 e. The number of carbonyl (C=O) groups is 1. The Morgan fingerprint density at radius 2 is 2.05 bits per heavy atom. The largest absolute Gasteiger partial charge is 0.497 e. The van der Waals surface area contributed by atoms with E-state index in [-0.39, 0.29) is 5.76 Å². The SMILES string of the molecule is COc1ccc(C(C#N)Cc2ccc(C(=O)O)o2)cc1. The van der Waals surface area contributed by atoms with Crippen LogP contribution < -0.4 is 4.74 Å². The van der Waals surface area contributed by atoms with Crippen LogP contribution in [0.5, 0.6) is 5.75 Å². The molecular weight excluding hydrogens is 258 g/mol. The molecule has 1 atom stereocenters. The first-order valence-corrected chi connectivity index (χ1v) is 5.99. The molecule has 102 valence electrons. The van der Waals surface area contributed by atoms with Gasteiger partial charge in [0.2, 0.25) is 5.76 Å². The number of carboxylic acids is 1. The van der Waals surface area contributed by atoms with Gasteiger partial charge in [-0.1, -0.05) is 12.1 Å². The van der Waals surface area contributed by atoms with Crippen LogP contribution in [0.4, 0.5) is 0 Å². The van der Waals surface area contributed by atoms with Crippen molar-refractivity contribution in [2.24, 2.45) is 0 Å². The number of benzene rings is 1. The number of nitriles is 1. The average molecular weight is 271 g/mol. The van der Waals surface area contributed by atoms with E-state index in [4.69, 9.17) is 14.3 Å². The van der Waals surface area contributed by atoms with E-state index < -0.39 is 11.9 Å². The van der Waals surface area contributed by atoms with Gasteiger partial charge < -0.3 is 14.3 Å². The Labute approximate surface area is 116 Å². The first-order chi connectivity index (χ1) is 9.63. The van der Waals surface area contributed by atoms with Gasteiger partial charge >= 0.3 is 5.97 Å². The molecule has 0 fully saturated rings. The van der Waals surface area contributed by atoms with E-state index in [1.807, 2.05) is 12.1 Å². The van der Waals surface area contributed by atoms with Crippen molar-refractivity contribution >= 4 is 5.97 Å². The quantitative estimate of drug-likeness (QED) is 0.904. The van der Waals surface area contributed by atoms with Gasteiger partial charge in [0.15, 0.2) is 0 Å². The zero-order valence-corrected chi connectivity index (χ0v) is 10.9.